The van der Waals surface area contributed by atoms with E-state index in [0.29, 0.717) is 15.7 Å². The third-order valence-electron chi connectivity index (χ3n) is 2.11. The molecular formula is C11H8BrClN2OS. The molecule has 0 saturated carbocycles. The summed E-state index contributed by atoms with van der Waals surface area (Å²) in [6.07, 6.45) is 1.65. The molecule has 2 aromatic heterocycles. The van der Waals surface area contributed by atoms with E-state index in [-0.39, 0.29) is 5.91 Å². The summed E-state index contributed by atoms with van der Waals surface area (Å²) in [6.45, 7) is 1.93. The first kappa shape index (κ1) is 12.5. The van der Waals surface area contributed by atoms with Crippen molar-refractivity contribution in [1.29, 1.82) is 0 Å². The van der Waals surface area contributed by atoms with Gasteiger partial charge in [-0.1, -0.05) is 11.6 Å². The number of carbonyl (C=O) groups is 1. The second kappa shape index (κ2) is 5.16. The molecule has 2 aromatic rings. The molecule has 3 nitrogen and oxygen atoms in total. The third-order valence-corrected chi connectivity index (χ3v) is 4.28. The first-order valence-electron chi connectivity index (χ1n) is 4.74. The van der Waals surface area contributed by atoms with E-state index < -0.39 is 0 Å². The lowest BCUT2D eigenvalue weighted by Crippen LogP contribution is -2.11. The van der Waals surface area contributed by atoms with Gasteiger partial charge in [0, 0.05) is 10.7 Å². The molecule has 0 aromatic carbocycles. The van der Waals surface area contributed by atoms with Crippen molar-refractivity contribution in [2.75, 3.05) is 5.32 Å². The summed E-state index contributed by atoms with van der Waals surface area (Å²) in [5.41, 5.74) is 1.01. The molecule has 0 aliphatic carbocycles. The molecule has 0 atom stereocenters. The number of amides is 1. The highest BCUT2D eigenvalue weighted by atomic mass is 79.9. The second-order valence-corrected chi connectivity index (χ2v) is 5.55. The van der Waals surface area contributed by atoms with Crippen LogP contribution in [-0.2, 0) is 0 Å². The van der Waals surface area contributed by atoms with Gasteiger partial charge in [-0.25, -0.2) is 4.98 Å². The van der Waals surface area contributed by atoms with Gasteiger partial charge in [-0.2, -0.15) is 0 Å². The molecule has 0 bridgehead atoms. The van der Waals surface area contributed by atoms with Crippen LogP contribution in [0.15, 0.2) is 28.2 Å². The van der Waals surface area contributed by atoms with Crippen molar-refractivity contribution >= 4 is 50.6 Å². The number of carbonyl (C=O) groups excluding carboxylic acids is 1. The average molecular weight is 332 g/mol. The van der Waals surface area contributed by atoms with Crippen molar-refractivity contribution in [2.45, 2.75) is 6.92 Å². The van der Waals surface area contributed by atoms with Crippen molar-refractivity contribution in [3.8, 4) is 0 Å². The van der Waals surface area contributed by atoms with E-state index in [9.17, 15) is 4.79 Å². The van der Waals surface area contributed by atoms with Gasteiger partial charge in [0.05, 0.1) is 5.02 Å². The lowest BCUT2D eigenvalue weighted by atomic mass is 10.3. The number of aromatic nitrogens is 1. The van der Waals surface area contributed by atoms with E-state index in [4.69, 9.17) is 11.6 Å². The standard InChI is InChI=1S/C11H8BrClN2OS/c1-6-4-9(14-5-7(6)12)15-11(16)10-8(13)2-3-17-10/h2-5H,1H3,(H,14,15,16). The predicted molar refractivity (Wildman–Crippen MR) is 74.0 cm³/mol. The van der Waals surface area contributed by atoms with Crippen LogP contribution in [0.2, 0.25) is 5.02 Å². The number of thiophene rings is 1. The number of anilines is 1. The van der Waals surface area contributed by atoms with Crippen LogP contribution in [0, 0.1) is 6.92 Å². The van der Waals surface area contributed by atoms with E-state index in [1.807, 2.05) is 6.92 Å². The molecule has 88 valence electrons. The molecule has 0 unspecified atom stereocenters. The monoisotopic (exact) mass is 330 g/mol. The minimum absolute atomic E-state index is 0.237. The maximum absolute atomic E-state index is 11.9. The molecule has 6 heteroatoms. The molecule has 0 aliphatic heterocycles. The molecule has 0 fully saturated rings. The molecular weight excluding hydrogens is 324 g/mol. The third kappa shape index (κ3) is 2.86. The Hall–Kier alpha value is -0.910. The van der Waals surface area contributed by atoms with E-state index in [1.54, 1.807) is 23.7 Å². The predicted octanol–water partition coefficient (Wildman–Crippen LogP) is 4.12. The molecule has 0 radical (unpaired) electrons. The van der Waals surface area contributed by atoms with Gasteiger partial charge in [-0.3, -0.25) is 4.79 Å². The smallest absolute Gasteiger partial charge is 0.268 e. The molecule has 0 spiro atoms. The van der Waals surface area contributed by atoms with E-state index >= 15 is 0 Å². The van der Waals surface area contributed by atoms with E-state index in [0.717, 1.165) is 10.0 Å². The minimum atomic E-state index is -0.237. The van der Waals surface area contributed by atoms with Crippen LogP contribution in [0.25, 0.3) is 0 Å². The van der Waals surface area contributed by atoms with Crippen LogP contribution in [0.1, 0.15) is 15.2 Å². The zero-order chi connectivity index (χ0) is 12.4. The number of nitrogens with one attached hydrogen (secondary N) is 1. The Labute approximate surface area is 116 Å². The lowest BCUT2D eigenvalue weighted by molar-refractivity contribution is 0.103. The molecule has 0 aliphatic rings. The van der Waals surface area contributed by atoms with Crippen molar-refractivity contribution in [1.82, 2.24) is 4.98 Å². The Morgan fingerprint density at radius 2 is 2.35 bits per heavy atom. The van der Waals surface area contributed by atoms with Crippen molar-refractivity contribution in [2.24, 2.45) is 0 Å². The topological polar surface area (TPSA) is 42.0 Å². The highest BCUT2D eigenvalue weighted by Gasteiger charge is 2.12. The normalized spacial score (nSPS) is 10.3. The van der Waals surface area contributed by atoms with Gasteiger partial charge in [0.1, 0.15) is 10.7 Å². The first-order valence-corrected chi connectivity index (χ1v) is 6.79. The van der Waals surface area contributed by atoms with E-state index in [1.165, 1.54) is 11.3 Å². The average Bonchev–Trinajstić information content (AvgIpc) is 2.70. The van der Waals surface area contributed by atoms with Crippen molar-refractivity contribution < 1.29 is 4.79 Å². The van der Waals surface area contributed by atoms with Crippen molar-refractivity contribution in [3.05, 3.63) is 43.6 Å². The molecule has 17 heavy (non-hydrogen) atoms. The molecule has 1 amide bonds. The summed E-state index contributed by atoms with van der Waals surface area (Å²) in [6, 6.07) is 3.49. The SMILES string of the molecule is Cc1cc(NC(=O)c2sccc2Cl)ncc1Br. The summed E-state index contributed by atoms with van der Waals surface area (Å²) in [5, 5.41) is 4.94. The highest BCUT2D eigenvalue weighted by molar-refractivity contribution is 9.10. The van der Waals surface area contributed by atoms with Crippen LogP contribution in [-0.4, -0.2) is 10.9 Å². The number of nitrogens with zero attached hydrogens (tertiary/aromatic N) is 1. The van der Waals surface area contributed by atoms with Crippen LogP contribution in [0.4, 0.5) is 5.82 Å². The van der Waals surface area contributed by atoms with Gasteiger partial charge in [0.15, 0.2) is 0 Å². The lowest BCUT2D eigenvalue weighted by Gasteiger charge is -2.05. The summed E-state index contributed by atoms with van der Waals surface area (Å²) in [7, 11) is 0. The Kier molecular flexibility index (Phi) is 3.81. The Bertz CT molecular complexity index is 570. The quantitative estimate of drug-likeness (QED) is 0.899. The van der Waals surface area contributed by atoms with Crippen LogP contribution < -0.4 is 5.32 Å². The number of hydrogen-bond donors (Lipinski definition) is 1. The van der Waals surface area contributed by atoms with Gasteiger partial charge in [0.2, 0.25) is 0 Å². The van der Waals surface area contributed by atoms with Crippen LogP contribution in [0.3, 0.4) is 0 Å². The Morgan fingerprint density at radius 3 is 2.94 bits per heavy atom. The number of hydrogen-bond acceptors (Lipinski definition) is 3. The zero-order valence-corrected chi connectivity index (χ0v) is 12.0. The number of aryl methyl sites for hydroxylation is 1. The number of halogens is 2. The summed E-state index contributed by atoms with van der Waals surface area (Å²) < 4.78 is 0.907. The highest BCUT2D eigenvalue weighted by Crippen LogP contribution is 2.23. The fourth-order valence-electron chi connectivity index (χ4n) is 1.24. The zero-order valence-electron chi connectivity index (χ0n) is 8.83. The summed E-state index contributed by atoms with van der Waals surface area (Å²) in [5.74, 6) is 0.277. The Morgan fingerprint density at radius 1 is 1.59 bits per heavy atom. The molecule has 2 heterocycles. The summed E-state index contributed by atoms with van der Waals surface area (Å²) >= 11 is 10.5. The van der Waals surface area contributed by atoms with Gasteiger partial charge in [0.25, 0.3) is 5.91 Å². The van der Waals surface area contributed by atoms with Gasteiger partial charge < -0.3 is 5.32 Å². The molecule has 2 rings (SSSR count). The fraction of sp³-hybridized carbons (Fsp3) is 0.0909. The largest absolute Gasteiger partial charge is 0.306 e. The minimum Gasteiger partial charge on any atom is -0.306 e. The van der Waals surface area contributed by atoms with Crippen LogP contribution >= 0.6 is 38.9 Å². The molecule has 0 saturated heterocycles. The fourth-order valence-corrected chi connectivity index (χ4v) is 2.49. The number of rotatable bonds is 2. The van der Waals surface area contributed by atoms with Crippen LogP contribution in [0.5, 0.6) is 0 Å². The second-order valence-electron chi connectivity index (χ2n) is 3.37. The molecule has 1 N–H and O–H groups in total. The Balaban J connectivity index is 2.19. The number of pyridine rings is 1. The summed E-state index contributed by atoms with van der Waals surface area (Å²) in [4.78, 5) is 16.5. The van der Waals surface area contributed by atoms with E-state index in [2.05, 4.69) is 26.2 Å². The van der Waals surface area contributed by atoms with Gasteiger partial charge >= 0.3 is 0 Å². The first-order chi connectivity index (χ1) is 8.08. The van der Waals surface area contributed by atoms with Gasteiger partial charge in [-0.15, -0.1) is 11.3 Å². The maximum atomic E-state index is 11.9. The van der Waals surface area contributed by atoms with Crippen molar-refractivity contribution in [3.63, 3.8) is 0 Å². The maximum Gasteiger partial charge on any atom is 0.268 e. The van der Waals surface area contributed by atoms with Gasteiger partial charge in [-0.05, 0) is 45.9 Å².